The van der Waals surface area contributed by atoms with Crippen molar-refractivity contribution in [1.29, 1.82) is 0 Å². The van der Waals surface area contributed by atoms with Crippen molar-refractivity contribution >= 4 is 6.09 Å². The van der Waals surface area contributed by atoms with E-state index in [-0.39, 0.29) is 18.2 Å². The second-order valence-corrected chi connectivity index (χ2v) is 9.06. The van der Waals surface area contributed by atoms with Gasteiger partial charge in [-0.1, -0.05) is 63.0 Å². The molecule has 0 saturated carbocycles. The van der Waals surface area contributed by atoms with Crippen LogP contribution in [0.4, 0.5) is 4.79 Å². The van der Waals surface area contributed by atoms with Crippen molar-refractivity contribution in [3.8, 4) is 23.3 Å². The Morgan fingerprint density at radius 2 is 1.69 bits per heavy atom. The average molecular weight is 478 g/mol. The first-order chi connectivity index (χ1) is 17.2. The molecule has 2 heterocycles. The molecule has 2 fully saturated rings. The maximum absolute atomic E-state index is 12.5. The van der Waals surface area contributed by atoms with E-state index in [1.165, 1.54) is 32.1 Å². The molecular weight excluding hydrogens is 442 g/mol. The fourth-order valence-corrected chi connectivity index (χ4v) is 4.42. The zero-order valence-electron chi connectivity index (χ0n) is 20.7. The van der Waals surface area contributed by atoms with Gasteiger partial charge in [-0.25, -0.2) is 4.79 Å². The van der Waals surface area contributed by atoms with Gasteiger partial charge < -0.3 is 18.9 Å². The zero-order chi connectivity index (χ0) is 24.5. The topological polar surface area (TPSA) is 57.2 Å². The Morgan fingerprint density at radius 1 is 0.971 bits per heavy atom. The Hall–Kier alpha value is -3.17. The van der Waals surface area contributed by atoms with Crippen LogP contribution in [-0.4, -0.2) is 49.6 Å². The number of nitrogens with zero attached hydrogens (tertiary/aromatic N) is 1. The number of methoxy groups -OCH3 is 1. The summed E-state index contributed by atoms with van der Waals surface area (Å²) in [4.78, 5) is 14.2. The van der Waals surface area contributed by atoms with Gasteiger partial charge in [-0.3, -0.25) is 4.90 Å². The maximum atomic E-state index is 12.5. The molecule has 2 aromatic rings. The molecule has 186 valence electrons. The van der Waals surface area contributed by atoms with E-state index in [9.17, 15) is 4.79 Å². The van der Waals surface area contributed by atoms with E-state index < -0.39 is 6.10 Å². The minimum Gasteiger partial charge on any atom is -0.497 e. The summed E-state index contributed by atoms with van der Waals surface area (Å²) in [5.74, 6) is 7.96. The van der Waals surface area contributed by atoms with Crippen molar-refractivity contribution < 1.29 is 23.7 Å². The van der Waals surface area contributed by atoms with E-state index >= 15 is 0 Å². The lowest BCUT2D eigenvalue weighted by molar-refractivity contribution is 0.0583. The van der Waals surface area contributed by atoms with Gasteiger partial charge >= 0.3 is 6.09 Å². The van der Waals surface area contributed by atoms with Gasteiger partial charge in [0, 0.05) is 12.1 Å². The van der Waals surface area contributed by atoms with E-state index in [1.807, 2.05) is 48.5 Å². The standard InChI is InChI=1S/C29H35NO5/c1-3-4-5-6-7-8-19-33-25-16-9-22(10-17-25)13-18-27-28-26(21-34-27)30(29(31)35-28)20-23-11-14-24(32-2)15-12-23/h9-12,14-17,26-28H,3-8,19-21H2,1-2H3/t26-,27-,28-/m0/s1. The number of hydrogen-bond acceptors (Lipinski definition) is 5. The van der Waals surface area contributed by atoms with Crippen molar-refractivity contribution in [3.05, 3.63) is 59.7 Å². The van der Waals surface area contributed by atoms with E-state index in [2.05, 4.69) is 18.8 Å². The van der Waals surface area contributed by atoms with Crippen molar-refractivity contribution in [2.75, 3.05) is 20.3 Å². The fraction of sp³-hybridized carbons (Fsp3) is 0.483. The highest BCUT2D eigenvalue weighted by Gasteiger charge is 2.50. The van der Waals surface area contributed by atoms with Crippen LogP contribution in [-0.2, 0) is 16.0 Å². The van der Waals surface area contributed by atoms with Gasteiger partial charge in [-0.05, 0) is 48.4 Å². The Bertz CT molecular complexity index is 1010. The van der Waals surface area contributed by atoms with Gasteiger partial charge in [0.2, 0.25) is 0 Å². The van der Waals surface area contributed by atoms with E-state index in [1.54, 1.807) is 12.0 Å². The van der Waals surface area contributed by atoms with Crippen LogP contribution in [0.5, 0.6) is 11.5 Å². The highest BCUT2D eigenvalue weighted by molar-refractivity contribution is 5.71. The van der Waals surface area contributed by atoms with E-state index in [0.717, 1.165) is 35.7 Å². The molecule has 0 bridgehead atoms. The number of amides is 1. The quantitative estimate of drug-likeness (QED) is 0.313. The molecule has 0 N–H and O–H groups in total. The van der Waals surface area contributed by atoms with E-state index in [4.69, 9.17) is 18.9 Å². The predicted molar refractivity (Wildman–Crippen MR) is 135 cm³/mol. The Kier molecular flexibility index (Phi) is 8.91. The van der Waals surface area contributed by atoms with Gasteiger partial charge in [0.05, 0.1) is 26.4 Å². The molecule has 4 rings (SSSR count). The lowest BCUT2D eigenvalue weighted by atomic mass is 10.1. The summed E-state index contributed by atoms with van der Waals surface area (Å²) in [6.07, 6.45) is 6.35. The van der Waals surface area contributed by atoms with Crippen LogP contribution in [0.15, 0.2) is 48.5 Å². The molecule has 0 unspecified atom stereocenters. The lowest BCUT2D eigenvalue weighted by Gasteiger charge is -2.19. The third kappa shape index (κ3) is 6.70. The third-order valence-electron chi connectivity index (χ3n) is 6.49. The predicted octanol–water partition coefficient (Wildman–Crippen LogP) is 5.57. The van der Waals surface area contributed by atoms with Crippen LogP contribution >= 0.6 is 0 Å². The van der Waals surface area contributed by atoms with Crippen LogP contribution in [0.3, 0.4) is 0 Å². The third-order valence-corrected chi connectivity index (χ3v) is 6.49. The van der Waals surface area contributed by atoms with Gasteiger partial charge in [0.1, 0.15) is 11.5 Å². The van der Waals surface area contributed by atoms with Crippen molar-refractivity contribution in [2.45, 2.75) is 70.2 Å². The summed E-state index contributed by atoms with van der Waals surface area (Å²) in [6.45, 7) is 3.86. The number of hydrogen-bond donors (Lipinski definition) is 0. The molecular formula is C29H35NO5. The van der Waals surface area contributed by atoms with E-state index in [0.29, 0.717) is 13.2 Å². The number of carbonyl (C=O) groups is 1. The highest BCUT2D eigenvalue weighted by atomic mass is 16.6. The second kappa shape index (κ2) is 12.5. The molecule has 0 aromatic heterocycles. The maximum Gasteiger partial charge on any atom is 0.411 e. The number of unbranched alkanes of at least 4 members (excludes halogenated alkanes) is 5. The molecule has 0 radical (unpaired) electrons. The molecule has 6 nitrogen and oxygen atoms in total. The summed E-state index contributed by atoms with van der Waals surface area (Å²) in [5, 5.41) is 0. The molecule has 35 heavy (non-hydrogen) atoms. The van der Waals surface area contributed by atoms with Gasteiger partial charge in [-0.15, -0.1) is 0 Å². The molecule has 3 atom stereocenters. The Balaban J connectivity index is 1.26. The number of benzene rings is 2. The van der Waals surface area contributed by atoms with Crippen LogP contribution in [0.2, 0.25) is 0 Å². The number of fused-ring (bicyclic) bond motifs is 1. The molecule has 2 aromatic carbocycles. The molecule has 0 spiro atoms. The summed E-state index contributed by atoms with van der Waals surface area (Å²) in [6, 6.07) is 15.3. The molecule has 6 heteroatoms. The van der Waals surface area contributed by atoms with Gasteiger partial charge in [0.15, 0.2) is 12.2 Å². The second-order valence-electron chi connectivity index (χ2n) is 9.06. The van der Waals surface area contributed by atoms with Crippen molar-refractivity contribution in [1.82, 2.24) is 4.90 Å². The van der Waals surface area contributed by atoms with Crippen molar-refractivity contribution in [3.63, 3.8) is 0 Å². The number of rotatable bonds is 11. The highest BCUT2D eigenvalue weighted by Crippen LogP contribution is 2.31. The lowest BCUT2D eigenvalue weighted by Crippen LogP contribution is -2.36. The summed E-state index contributed by atoms with van der Waals surface area (Å²) in [7, 11) is 1.63. The molecule has 2 aliphatic rings. The first-order valence-electron chi connectivity index (χ1n) is 12.6. The largest absolute Gasteiger partial charge is 0.497 e. The zero-order valence-corrected chi connectivity index (χ0v) is 20.7. The minimum atomic E-state index is -0.437. The first kappa shape index (κ1) is 24.9. The number of ether oxygens (including phenoxy) is 4. The monoisotopic (exact) mass is 477 g/mol. The molecule has 2 aliphatic heterocycles. The molecule has 0 aliphatic carbocycles. The smallest absolute Gasteiger partial charge is 0.411 e. The summed E-state index contributed by atoms with van der Waals surface area (Å²) in [5.41, 5.74) is 1.89. The SMILES string of the molecule is CCCCCCCCOc1ccc(C#C[C@@H]2OC[C@H]3[C@@H]2OC(=O)N3Cc2ccc(OC)cc2)cc1. The fourth-order valence-electron chi connectivity index (χ4n) is 4.42. The van der Waals surface area contributed by atoms with Crippen LogP contribution in [0.1, 0.15) is 56.6 Å². The van der Waals surface area contributed by atoms with Gasteiger partial charge in [0.25, 0.3) is 0 Å². The summed E-state index contributed by atoms with van der Waals surface area (Å²) < 4.78 is 22.6. The molecule has 2 saturated heterocycles. The Morgan fingerprint density at radius 3 is 2.43 bits per heavy atom. The average Bonchev–Trinajstić information content (AvgIpc) is 3.42. The normalized spacial score (nSPS) is 20.7. The van der Waals surface area contributed by atoms with Crippen LogP contribution in [0, 0.1) is 11.8 Å². The first-order valence-corrected chi connectivity index (χ1v) is 12.6. The van der Waals surface area contributed by atoms with Crippen molar-refractivity contribution in [2.24, 2.45) is 0 Å². The van der Waals surface area contributed by atoms with Gasteiger partial charge in [-0.2, -0.15) is 0 Å². The minimum absolute atomic E-state index is 0.137. The Labute approximate surface area is 208 Å². The summed E-state index contributed by atoms with van der Waals surface area (Å²) >= 11 is 0. The molecule has 1 amide bonds. The van der Waals surface area contributed by atoms with Crippen LogP contribution < -0.4 is 9.47 Å². The number of carbonyl (C=O) groups excluding carboxylic acids is 1. The van der Waals surface area contributed by atoms with Crippen LogP contribution in [0.25, 0.3) is 0 Å².